The maximum Gasteiger partial charge on any atom is 0.379 e. The van der Waals surface area contributed by atoms with Crippen molar-refractivity contribution in [2.24, 2.45) is 0 Å². The number of aromatic amines is 1. The van der Waals surface area contributed by atoms with Crippen molar-refractivity contribution >= 4 is 0 Å². The molecule has 0 aromatic carbocycles. The molecule has 0 spiro atoms. The second-order valence-corrected chi connectivity index (χ2v) is 1.96. The number of nitrogens with one attached hydrogen (secondary N) is 1. The first kappa shape index (κ1) is 8.63. The van der Waals surface area contributed by atoms with Crippen LogP contribution in [0.25, 0.3) is 0 Å². The van der Waals surface area contributed by atoms with Crippen molar-refractivity contribution in [2.45, 2.75) is 13.8 Å². The van der Waals surface area contributed by atoms with Gasteiger partial charge in [-0.2, -0.15) is 0 Å². The Kier molecular flexibility index (Phi) is 2.73. The molecule has 0 saturated heterocycles. The van der Waals surface area contributed by atoms with Crippen molar-refractivity contribution in [3.63, 3.8) is 0 Å². The van der Waals surface area contributed by atoms with Gasteiger partial charge in [-0.05, 0) is 13.8 Å². The Labute approximate surface area is 69.1 Å². The van der Waals surface area contributed by atoms with Gasteiger partial charge in [0.2, 0.25) is 0 Å². The quantitative estimate of drug-likeness (QED) is 0.661. The number of H-pyrrole nitrogens is 1. The first-order chi connectivity index (χ1) is 5.79. The summed E-state index contributed by atoms with van der Waals surface area (Å²) >= 11 is 0. The maximum atomic E-state index is 10.9. The van der Waals surface area contributed by atoms with Crippen LogP contribution >= 0.6 is 0 Å². The molecule has 0 fully saturated rings. The minimum atomic E-state index is -0.430. The molecule has 1 heterocycles. The van der Waals surface area contributed by atoms with Crippen molar-refractivity contribution in [1.29, 1.82) is 0 Å². The van der Waals surface area contributed by atoms with Crippen LogP contribution in [0.5, 0.6) is 6.01 Å². The van der Waals surface area contributed by atoms with Gasteiger partial charge in [0.25, 0.3) is 0 Å². The fraction of sp³-hybridized carbons (Fsp3) is 0.667. The average Bonchev–Trinajstić information content (AvgIpc) is 2.37. The van der Waals surface area contributed by atoms with Crippen LogP contribution < -0.4 is 15.3 Å². The fourth-order valence-electron chi connectivity index (χ4n) is 0.736. The minimum Gasteiger partial charge on any atom is -0.462 e. The maximum absolute atomic E-state index is 10.9. The van der Waals surface area contributed by atoms with E-state index in [4.69, 9.17) is 9.57 Å². The Morgan fingerprint density at radius 2 is 2.25 bits per heavy atom. The van der Waals surface area contributed by atoms with Gasteiger partial charge in [0, 0.05) is 0 Å². The van der Waals surface area contributed by atoms with Crippen molar-refractivity contribution in [2.75, 3.05) is 13.2 Å². The van der Waals surface area contributed by atoms with Crippen LogP contribution in [0.1, 0.15) is 13.8 Å². The van der Waals surface area contributed by atoms with E-state index in [1.54, 1.807) is 13.8 Å². The molecule has 1 aromatic rings. The van der Waals surface area contributed by atoms with E-state index in [1.807, 2.05) is 0 Å². The van der Waals surface area contributed by atoms with Gasteiger partial charge in [-0.1, -0.05) is 4.73 Å². The zero-order chi connectivity index (χ0) is 8.97. The summed E-state index contributed by atoms with van der Waals surface area (Å²) in [7, 11) is 0. The number of hydrogen-bond acceptors (Lipinski definition) is 4. The summed E-state index contributed by atoms with van der Waals surface area (Å²) in [5, 5.41) is 5.82. The van der Waals surface area contributed by atoms with Gasteiger partial charge in [0.05, 0.1) is 6.61 Å². The zero-order valence-electron chi connectivity index (χ0n) is 7.03. The second kappa shape index (κ2) is 3.80. The van der Waals surface area contributed by atoms with Crippen LogP contribution in [0.2, 0.25) is 0 Å². The summed E-state index contributed by atoms with van der Waals surface area (Å²) in [6, 6.07) is 0.157. The van der Waals surface area contributed by atoms with E-state index in [0.29, 0.717) is 13.2 Å². The van der Waals surface area contributed by atoms with Crippen molar-refractivity contribution in [1.82, 2.24) is 14.9 Å². The van der Waals surface area contributed by atoms with E-state index in [0.717, 1.165) is 4.73 Å². The highest BCUT2D eigenvalue weighted by Crippen LogP contribution is 1.97. The lowest BCUT2D eigenvalue weighted by molar-refractivity contribution is 0.0863. The molecule has 1 aromatic heterocycles. The van der Waals surface area contributed by atoms with E-state index in [2.05, 4.69) is 10.2 Å². The molecule has 12 heavy (non-hydrogen) atoms. The standard InChI is InChI=1S/C6H11N3O3/c1-3-11-6-8-7-5(10)9(6)12-4-2/h3-4H2,1-2H3,(H,7,10). The van der Waals surface area contributed by atoms with Crippen LogP contribution in [0.3, 0.4) is 0 Å². The molecule has 0 radical (unpaired) electrons. The summed E-state index contributed by atoms with van der Waals surface area (Å²) in [6.45, 7) is 4.40. The summed E-state index contributed by atoms with van der Waals surface area (Å²) in [6.07, 6.45) is 0. The molecule has 0 unspecified atom stereocenters. The fourth-order valence-corrected chi connectivity index (χ4v) is 0.736. The number of aromatic nitrogens is 3. The van der Waals surface area contributed by atoms with Gasteiger partial charge in [0.1, 0.15) is 6.61 Å². The molecule has 68 valence electrons. The normalized spacial score (nSPS) is 9.83. The van der Waals surface area contributed by atoms with E-state index >= 15 is 0 Å². The predicted octanol–water partition coefficient (Wildman–Crippen LogP) is -0.581. The van der Waals surface area contributed by atoms with E-state index in [9.17, 15) is 4.79 Å². The number of ether oxygens (including phenoxy) is 1. The molecule has 0 saturated carbocycles. The minimum absolute atomic E-state index is 0.157. The van der Waals surface area contributed by atoms with Crippen LogP contribution in [-0.4, -0.2) is 28.1 Å². The van der Waals surface area contributed by atoms with Crippen LogP contribution in [0.15, 0.2) is 4.79 Å². The largest absolute Gasteiger partial charge is 0.462 e. The van der Waals surface area contributed by atoms with Crippen LogP contribution in [0.4, 0.5) is 0 Å². The summed E-state index contributed by atoms with van der Waals surface area (Å²) in [5.74, 6) is 0. The van der Waals surface area contributed by atoms with Gasteiger partial charge in [0.15, 0.2) is 0 Å². The molecule has 6 heteroatoms. The van der Waals surface area contributed by atoms with Crippen LogP contribution in [-0.2, 0) is 0 Å². The first-order valence-electron chi connectivity index (χ1n) is 3.73. The van der Waals surface area contributed by atoms with E-state index in [-0.39, 0.29) is 6.01 Å². The molecule has 0 bridgehead atoms. The van der Waals surface area contributed by atoms with Crippen molar-refractivity contribution in [3.05, 3.63) is 10.5 Å². The van der Waals surface area contributed by atoms with E-state index in [1.165, 1.54) is 0 Å². The van der Waals surface area contributed by atoms with E-state index < -0.39 is 5.69 Å². The molecule has 1 N–H and O–H groups in total. The zero-order valence-corrected chi connectivity index (χ0v) is 7.03. The third-order valence-electron chi connectivity index (χ3n) is 1.14. The molecule has 1 rings (SSSR count). The third kappa shape index (κ3) is 1.58. The smallest absolute Gasteiger partial charge is 0.379 e. The third-order valence-corrected chi connectivity index (χ3v) is 1.14. The molecule has 0 amide bonds. The molecular formula is C6H11N3O3. The van der Waals surface area contributed by atoms with Crippen molar-refractivity contribution < 1.29 is 9.57 Å². The predicted molar refractivity (Wildman–Crippen MR) is 41.1 cm³/mol. The molecule has 6 nitrogen and oxygen atoms in total. The van der Waals surface area contributed by atoms with Gasteiger partial charge in [-0.15, -0.1) is 5.10 Å². The van der Waals surface area contributed by atoms with Gasteiger partial charge < -0.3 is 9.57 Å². The topological polar surface area (TPSA) is 69.1 Å². The second-order valence-electron chi connectivity index (χ2n) is 1.96. The number of hydrogen-bond donors (Lipinski definition) is 1. The van der Waals surface area contributed by atoms with Gasteiger partial charge >= 0.3 is 11.7 Å². The number of rotatable bonds is 4. The molecule has 0 aliphatic rings. The van der Waals surface area contributed by atoms with Gasteiger partial charge in [-0.3, -0.25) is 0 Å². The lowest BCUT2D eigenvalue weighted by Gasteiger charge is -2.03. The SMILES string of the molecule is CCOc1n[nH]c(=O)n1OCC. The molecule has 0 aliphatic carbocycles. The first-order valence-corrected chi connectivity index (χ1v) is 3.73. The molecule has 0 atom stereocenters. The Balaban J connectivity index is 2.87. The Morgan fingerprint density at radius 3 is 2.83 bits per heavy atom. The highest BCUT2D eigenvalue weighted by atomic mass is 16.7. The lowest BCUT2D eigenvalue weighted by Crippen LogP contribution is -2.25. The Hall–Kier alpha value is -1.46. The molecule has 0 aliphatic heterocycles. The van der Waals surface area contributed by atoms with Crippen LogP contribution in [0, 0.1) is 0 Å². The average molecular weight is 173 g/mol. The van der Waals surface area contributed by atoms with Gasteiger partial charge in [-0.25, -0.2) is 9.89 Å². The monoisotopic (exact) mass is 173 g/mol. The lowest BCUT2D eigenvalue weighted by atomic mass is 10.9. The molecular weight excluding hydrogens is 162 g/mol. The Bertz CT molecular complexity index is 290. The summed E-state index contributed by atoms with van der Waals surface area (Å²) in [5.41, 5.74) is -0.430. The Morgan fingerprint density at radius 1 is 1.50 bits per heavy atom. The van der Waals surface area contributed by atoms with Crippen molar-refractivity contribution in [3.8, 4) is 6.01 Å². The highest BCUT2D eigenvalue weighted by Gasteiger charge is 2.08. The summed E-state index contributed by atoms with van der Waals surface area (Å²) in [4.78, 5) is 15.9. The summed E-state index contributed by atoms with van der Waals surface area (Å²) < 4.78 is 6.00. The highest BCUT2D eigenvalue weighted by molar-refractivity contribution is 4.88. The number of nitrogens with zero attached hydrogens (tertiary/aromatic N) is 2.